The normalized spacial score (nSPS) is 17.8. The molecular weight excluding hydrogens is 419 g/mol. The number of carbonyl (C=O) groups excluding carboxylic acids is 1. The summed E-state index contributed by atoms with van der Waals surface area (Å²) in [5.74, 6) is -0.268. The number of benzene rings is 2. The van der Waals surface area contributed by atoms with E-state index in [1.807, 2.05) is 31.4 Å². The number of pyridine rings is 1. The first-order chi connectivity index (χ1) is 16.7. The molecule has 1 amide bonds. The van der Waals surface area contributed by atoms with Gasteiger partial charge in [0.05, 0.1) is 26.6 Å². The van der Waals surface area contributed by atoms with Crippen LogP contribution in [0.3, 0.4) is 0 Å². The lowest BCUT2D eigenvalue weighted by Crippen LogP contribution is -2.24. The maximum absolute atomic E-state index is 15.5. The molecule has 0 saturated heterocycles. The second-order valence-corrected chi connectivity index (χ2v) is 8.65. The molecule has 1 aliphatic carbocycles. The Labute approximate surface area is 193 Å². The predicted octanol–water partition coefficient (Wildman–Crippen LogP) is 4.78. The number of aryl methyl sites for hydroxylation is 2. The molecule has 0 spiro atoms. The summed E-state index contributed by atoms with van der Waals surface area (Å²) >= 11 is 0. The van der Waals surface area contributed by atoms with Gasteiger partial charge in [-0.25, -0.2) is 4.39 Å². The van der Waals surface area contributed by atoms with Gasteiger partial charge in [-0.2, -0.15) is 5.10 Å². The fraction of sp³-hybridized carbons (Fsp3) is 0.269. The summed E-state index contributed by atoms with van der Waals surface area (Å²) < 4.78 is 40.1. The maximum Gasteiger partial charge on any atom is 0.256 e. The van der Waals surface area contributed by atoms with E-state index in [-0.39, 0.29) is 29.5 Å². The average molecular weight is 445 g/mol. The molecule has 1 fully saturated rings. The minimum atomic E-state index is -2.12. The van der Waals surface area contributed by atoms with E-state index in [4.69, 9.17) is 7.48 Å². The molecule has 0 radical (unpaired) electrons. The van der Waals surface area contributed by atoms with E-state index in [2.05, 4.69) is 10.1 Å². The fourth-order valence-corrected chi connectivity index (χ4v) is 4.30. The molecule has 7 heteroatoms. The third-order valence-corrected chi connectivity index (χ3v) is 6.14. The molecule has 6 rings (SSSR count). The van der Waals surface area contributed by atoms with Gasteiger partial charge in [0.25, 0.3) is 5.91 Å². The van der Waals surface area contributed by atoms with Gasteiger partial charge in [-0.05, 0) is 66.8 Å². The smallest absolute Gasteiger partial charge is 0.256 e. The van der Waals surface area contributed by atoms with Crippen LogP contribution in [0.5, 0.6) is 5.75 Å². The van der Waals surface area contributed by atoms with E-state index in [9.17, 15) is 4.79 Å². The molecular formula is C26H23FN4O2. The molecule has 3 heterocycles. The van der Waals surface area contributed by atoms with Crippen molar-refractivity contribution in [2.45, 2.75) is 38.9 Å². The average Bonchev–Trinajstić information content (AvgIpc) is 3.51. The zero-order valence-corrected chi connectivity index (χ0v) is 18.3. The highest BCUT2D eigenvalue weighted by Gasteiger charge is 2.29. The van der Waals surface area contributed by atoms with Crippen LogP contribution in [-0.2, 0) is 20.1 Å². The van der Waals surface area contributed by atoms with Gasteiger partial charge in [0, 0.05) is 36.9 Å². The molecule has 6 nitrogen and oxygen atoms in total. The number of rotatable bonds is 5. The quantitative estimate of drug-likeness (QED) is 0.445. The topological polar surface area (TPSA) is 60.3 Å². The van der Waals surface area contributed by atoms with Crippen molar-refractivity contribution < 1.29 is 16.7 Å². The van der Waals surface area contributed by atoms with Crippen molar-refractivity contribution in [3.05, 3.63) is 77.0 Å². The molecule has 2 aliphatic rings. The van der Waals surface area contributed by atoms with Crippen molar-refractivity contribution >= 4 is 16.8 Å². The molecule has 33 heavy (non-hydrogen) atoms. The highest BCUT2D eigenvalue weighted by atomic mass is 19.1. The summed E-state index contributed by atoms with van der Waals surface area (Å²) in [5.41, 5.74) is 3.42. The van der Waals surface area contributed by atoms with Crippen molar-refractivity contribution in [2.75, 3.05) is 0 Å². The van der Waals surface area contributed by atoms with Crippen molar-refractivity contribution in [2.24, 2.45) is 7.05 Å². The molecule has 0 bridgehead atoms. The molecule has 2 aromatic carbocycles. The zero-order valence-electron chi connectivity index (χ0n) is 20.3. The summed E-state index contributed by atoms with van der Waals surface area (Å²) in [7, 11) is 1.84. The third kappa shape index (κ3) is 3.44. The number of aromatic nitrogens is 3. The van der Waals surface area contributed by atoms with Gasteiger partial charge in [-0.15, -0.1) is 0 Å². The van der Waals surface area contributed by atoms with Gasteiger partial charge in [-0.3, -0.25) is 14.5 Å². The highest BCUT2D eigenvalue weighted by molar-refractivity contribution is 5.98. The van der Waals surface area contributed by atoms with Crippen LogP contribution in [0.25, 0.3) is 22.0 Å². The number of amides is 1. The monoisotopic (exact) mass is 444 g/mol. The van der Waals surface area contributed by atoms with E-state index in [1.54, 1.807) is 23.7 Å². The lowest BCUT2D eigenvalue weighted by molar-refractivity contribution is 0.0764. The van der Waals surface area contributed by atoms with Crippen LogP contribution in [0.2, 0.25) is 0 Å². The molecule has 0 atom stereocenters. The summed E-state index contributed by atoms with van der Waals surface area (Å²) in [6.07, 6.45) is 5.67. The Kier molecular flexibility index (Phi) is 3.99. The Morgan fingerprint density at radius 1 is 1.24 bits per heavy atom. The molecule has 166 valence electrons. The van der Waals surface area contributed by atoms with E-state index in [0.29, 0.717) is 11.1 Å². The Hall–Kier alpha value is -3.74. The molecule has 0 unspecified atom stereocenters. The number of nitrogens with zero attached hydrogens (tertiary/aromatic N) is 4. The van der Waals surface area contributed by atoms with Crippen LogP contribution in [0.15, 0.2) is 48.8 Å². The van der Waals surface area contributed by atoms with Crippen molar-refractivity contribution in [3.8, 4) is 16.9 Å². The number of carbonyl (C=O) groups is 1. The molecule has 1 aliphatic heterocycles. The Balaban J connectivity index is 1.37. The maximum atomic E-state index is 15.5. The number of halogens is 1. The first-order valence-corrected chi connectivity index (χ1v) is 10.9. The van der Waals surface area contributed by atoms with Crippen LogP contribution in [0, 0.1) is 12.7 Å². The number of hydrogen-bond acceptors (Lipinski definition) is 4. The number of ether oxygens (including phenoxy) is 1. The van der Waals surface area contributed by atoms with Gasteiger partial charge in [0.1, 0.15) is 17.1 Å². The standard InChI is InChI=1S/C26H23FN4O2/c1-15-10-16(18-7-8-24(33-17-5-6-17)25-21(18)12-30(2)29-25)11-22(27)20(15)13-31-14-23-19(26(31)32)4-3-9-28-23/h3-4,7-12,17H,5-6,13-14H2,1-2H3/i14D2. The van der Waals surface area contributed by atoms with Crippen molar-refractivity contribution in [1.29, 1.82) is 0 Å². The van der Waals surface area contributed by atoms with E-state index in [0.717, 1.165) is 40.0 Å². The predicted molar refractivity (Wildman–Crippen MR) is 122 cm³/mol. The van der Waals surface area contributed by atoms with Gasteiger partial charge >= 0.3 is 0 Å². The summed E-state index contributed by atoms with van der Waals surface area (Å²) in [6.45, 7) is -0.546. The molecule has 0 N–H and O–H groups in total. The van der Waals surface area contributed by atoms with Crippen LogP contribution in [-0.4, -0.2) is 31.7 Å². The van der Waals surface area contributed by atoms with Gasteiger partial charge in [0.15, 0.2) is 0 Å². The largest absolute Gasteiger partial charge is 0.488 e. The summed E-state index contributed by atoms with van der Waals surface area (Å²) in [6, 6.07) is 10.2. The first kappa shape index (κ1) is 17.8. The number of hydrogen-bond donors (Lipinski definition) is 0. The number of fused-ring (bicyclic) bond motifs is 2. The van der Waals surface area contributed by atoms with Gasteiger partial charge < -0.3 is 9.64 Å². The second-order valence-electron chi connectivity index (χ2n) is 8.65. The fourth-order valence-electron chi connectivity index (χ4n) is 4.30. The Morgan fingerprint density at radius 3 is 2.85 bits per heavy atom. The van der Waals surface area contributed by atoms with Crippen LogP contribution < -0.4 is 4.74 Å². The Bertz CT molecular complexity index is 1490. The minimum Gasteiger partial charge on any atom is -0.488 e. The first-order valence-electron chi connectivity index (χ1n) is 11.9. The van der Waals surface area contributed by atoms with Crippen LogP contribution in [0.1, 0.15) is 42.8 Å². The van der Waals surface area contributed by atoms with E-state index in [1.165, 1.54) is 12.3 Å². The molecule has 2 aromatic heterocycles. The van der Waals surface area contributed by atoms with Crippen LogP contribution >= 0.6 is 0 Å². The van der Waals surface area contributed by atoms with Crippen LogP contribution in [0.4, 0.5) is 4.39 Å². The molecule has 4 aromatic rings. The highest BCUT2D eigenvalue weighted by Crippen LogP contribution is 2.38. The lowest BCUT2D eigenvalue weighted by Gasteiger charge is -2.18. The van der Waals surface area contributed by atoms with E-state index < -0.39 is 18.2 Å². The SMILES string of the molecule is [2H]C1([2H])c2ncccc2C(=O)N1Cc1c(C)cc(-c2ccc(OC3CC3)c3nn(C)cc23)cc1F. The minimum absolute atomic E-state index is 0.0622. The van der Waals surface area contributed by atoms with Gasteiger partial charge in [-0.1, -0.05) is 6.07 Å². The zero-order chi connectivity index (χ0) is 24.5. The Morgan fingerprint density at radius 2 is 2.09 bits per heavy atom. The summed E-state index contributed by atoms with van der Waals surface area (Å²) in [4.78, 5) is 18.0. The second kappa shape index (κ2) is 7.40. The van der Waals surface area contributed by atoms with Gasteiger partial charge in [0.2, 0.25) is 0 Å². The molecule has 1 saturated carbocycles. The van der Waals surface area contributed by atoms with Crippen molar-refractivity contribution in [1.82, 2.24) is 19.7 Å². The third-order valence-electron chi connectivity index (χ3n) is 6.14. The van der Waals surface area contributed by atoms with E-state index >= 15 is 4.39 Å². The summed E-state index contributed by atoms with van der Waals surface area (Å²) in [5, 5.41) is 5.43. The lowest BCUT2D eigenvalue weighted by atomic mass is 9.96. The van der Waals surface area contributed by atoms with Crippen molar-refractivity contribution in [3.63, 3.8) is 0 Å².